The average Bonchev–Trinajstić information content (AvgIpc) is 3.15. The molecule has 24 heavy (non-hydrogen) atoms. The number of rotatable bonds is 4. The van der Waals surface area contributed by atoms with Crippen LogP contribution in [0.1, 0.15) is 17.7 Å². The lowest BCUT2D eigenvalue weighted by Crippen LogP contribution is -2.36. The van der Waals surface area contributed by atoms with Crippen LogP contribution in [-0.2, 0) is 12.7 Å². The molecule has 0 aliphatic carbocycles. The number of likely N-dealkylation sites (tertiary alicyclic amines) is 1. The summed E-state index contributed by atoms with van der Waals surface area (Å²) in [6, 6.07) is 4.95. The van der Waals surface area contributed by atoms with E-state index in [1.54, 1.807) is 0 Å². The van der Waals surface area contributed by atoms with E-state index >= 15 is 0 Å². The molecule has 8 heteroatoms. The molecule has 0 bridgehead atoms. The van der Waals surface area contributed by atoms with Crippen LogP contribution in [0.4, 0.5) is 13.2 Å². The highest BCUT2D eigenvalue weighted by molar-refractivity contribution is 7.13. The standard InChI is InChI=1S/C16H17F3N2O2S/c17-16(18,19)12-3-1-11(2-4-12)14-20-13(8-24-14)7-21-6-5-15(23,9-21)10-22/h1-4,8,22-23H,5-7,9-10H2/t15-/m1/s1. The largest absolute Gasteiger partial charge is 0.416 e. The Bertz CT molecular complexity index is 702. The molecule has 0 spiro atoms. The number of nitrogens with zero attached hydrogens (tertiary/aromatic N) is 2. The Morgan fingerprint density at radius 1 is 1.25 bits per heavy atom. The lowest BCUT2D eigenvalue weighted by Gasteiger charge is -2.20. The molecule has 4 nitrogen and oxygen atoms in total. The van der Waals surface area contributed by atoms with E-state index in [-0.39, 0.29) is 6.61 Å². The van der Waals surface area contributed by atoms with E-state index in [9.17, 15) is 23.4 Å². The lowest BCUT2D eigenvalue weighted by atomic mass is 10.1. The molecule has 1 fully saturated rings. The third-order valence-corrected chi connectivity index (χ3v) is 5.04. The number of benzene rings is 1. The van der Waals surface area contributed by atoms with Gasteiger partial charge in [0.1, 0.15) is 10.6 Å². The van der Waals surface area contributed by atoms with E-state index in [0.29, 0.717) is 36.6 Å². The molecule has 2 heterocycles. The van der Waals surface area contributed by atoms with Crippen molar-refractivity contribution in [1.29, 1.82) is 0 Å². The third-order valence-electron chi connectivity index (χ3n) is 4.10. The van der Waals surface area contributed by atoms with Gasteiger partial charge in [0.15, 0.2) is 0 Å². The van der Waals surface area contributed by atoms with Crippen LogP contribution >= 0.6 is 11.3 Å². The molecule has 1 aromatic heterocycles. The van der Waals surface area contributed by atoms with Crippen LogP contribution in [-0.4, -0.2) is 45.4 Å². The van der Waals surface area contributed by atoms with E-state index in [2.05, 4.69) is 4.98 Å². The lowest BCUT2D eigenvalue weighted by molar-refractivity contribution is -0.137. The van der Waals surface area contributed by atoms with Crippen LogP contribution in [0.5, 0.6) is 0 Å². The smallest absolute Gasteiger partial charge is 0.393 e. The minimum absolute atomic E-state index is 0.266. The quantitative estimate of drug-likeness (QED) is 0.883. The molecule has 0 radical (unpaired) electrons. The molecular weight excluding hydrogens is 341 g/mol. The number of aliphatic hydroxyl groups excluding tert-OH is 1. The third kappa shape index (κ3) is 3.77. The van der Waals surface area contributed by atoms with Crippen molar-refractivity contribution in [2.75, 3.05) is 19.7 Å². The molecule has 2 N–H and O–H groups in total. The maximum absolute atomic E-state index is 12.6. The second kappa shape index (κ2) is 6.44. The van der Waals surface area contributed by atoms with Gasteiger partial charge in [0.05, 0.1) is 17.9 Å². The summed E-state index contributed by atoms with van der Waals surface area (Å²) in [6.45, 7) is 1.33. The van der Waals surface area contributed by atoms with Gasteiger partial charge in [0.2, 0.25) is 0 Å². The first kappa shape index (κ1) is 17.3. The van der Waals surface area contributed by atoms with Gasteiger partial charge in [0.25, 0.3) is 0 Å². The molecule has 130 valence electrons. The molecule has 1 saturated heterocycles. The van der Waals surface area contributed by atoms with Crippen LogP contribution in [0, 0.1) is 0 Å². The Balaban J connectivity index is 1.68. The Morgan fingerprint density at radius 3 is 2.54 bits per heavy atom. The number of aliphatic hydroxyl groups is 2. The number of thiazole rings is 1. The van der Waals surface area contributed by atoms with Crippen molar-refractivity contribution in [2.45, 2.75) is 24.7 Å². The Hall–Kier alpha value is -1.48. The Labute approximate surface area is 141 Å². The van der Waals surface area contributed by atoms with Crippen LogP contribution < -0.4 is 0 Å². The summed E-state index contributed by atoms with van der Waals surface area (Å²) in [5, 5.41) is 21.7. The summed E-state index contributed by atoms with van der Waals surface area (Å²) in [5.74, 6) is 0. The predicted octanol–water partition coefficient (Wildman–Crippen LogP) is 2.76. The molecule has 1 atom stereocenters. The highest BCUT2D eigenvalue weighted by Gasteiger charge is 2.35. The molecule has 0 unspecified atom stereocenters. The molecule has 2 aromatic rings. The number of aromatic nitrogens is 1. The van der Waals surface area contributed by atoms with E-state index in [1.165, 1.54) is 23.5 Å². The monoisotopic (exact) mass is 358 g/mol. The first-order valence-corrected chi connectivity index (χ1v) is 8.35. The Morgan fingerprint density at radius 2 is 1.96 bits per heavy atom. The van der Waals surface area contributed by atoms with Gasteiger partial charge in [-0.05, 0) is 18.6 Å². The van der Waals surface area contributed by atoms with Gasteiger partial charge in [-0.3, -0.25) is 4.90 Å². The first-order chi connectivity index (χ1) is 11.3. The zero-order chi connectivity index (χ0) is 17.4. The normalized spacial score (nSPS) is 22.2. The zero-order valence-electron chi connectivity index (χ0n) is 12.8. The molecule has 1 aromatic carbocycles. The molecular formula is C16H17F3N2O2S. The topological polar surface area (TPSA) is 56.6 Å². The molecule has 3 rings (SSSR count). The van der Waals surface area contributed by atoms with Gasteiger partial charge < -0.3 is 10.2 Å². The SMILES string of the molecule is OC[C@@]1(O)CCN(Cc2csc(-c3ccc(C(F)(F)F)cc3)n2)C1. The van der Waals surface area contributed by atoms with E-state index in [1.807, 2.05) is 10.3 Å². The average molecular weight is 358 g/mol. The van der Waals surface area contributed by atoms with Crippen molar-refractivity contribution in [1.82, 2.24) is 9.88 Å². The van der Waals surface area contributed by atoms with Gasteiger partial charge in [-0.2, -0.15) is 13.2 Å². The minimum atomic E-state index is -4.34. The molecule has 1 aliphatic heterocycles. The van der Waals surface area contributed by atoms with Crippen LogP contribution in [0.2, 0.25) is 0 Å². The van der Waals surface area contributed by atoms with E-state index in [4.69, 9.17) is 0 Å². The summed E-state index contributed by atoms with van der Waals surface area (Å²) < 4.78 is 37.8. The second-order valence-electron chi connectivity index (χ2n) is 6.06. The van der Waals surface area contributed by atoms with Crippen LogP contribution in [0.25, 0.3) is 10.6 Å². The summed E-state index contributed by atoms with van der Waals surface area (Å²) in [7, 11) is 0. The predicted molar refractivity (Wildman–Crippen MR) is 84.5 cm³/mol. The van der Waals surface area contributed by atoms with Crippen molar-refractivity contribution >= 4 is 11.3 Å². The number of β-amino-alcohol motifs (C(OH)–C–C–N with tert-alkyl or cyclic N) is 1. The number of halogens is 3. The van der Waals surface area contributed by atoms with Crippen LogP contribution in [0.3, 0.4) is 0 Å². The highest BCUT2D eigenvalue weighted by Crippen LogP contribution is 2.32. The van der Waals surface area contributed by atoms with Gasteiger partial charge in [-0.25, -0.2) is 4.98 Å². The zero-order valence-corrected chi connectivity index (χ0v) is 13.6. The highest BCUT2D eigenvalue weighted by atomic mass is 32.1. The summed E-state index contributed by atoms with van der Waals surface area (Å²) in [4.78, 5) is 6.46. The fourth-order valence-corrected chi connectivity index (χ4v) is 3.56. The first-order valence-electron chi connectivity index (χ1n) is 7.47. The van der Waals surface area contributed by atoms with Crippen molar-refractivity contribution in [3.8, 4) is 10.6 Å². The molecule has 1 aliphatic rings. The summed E-state index contributed by atoms with van der Waals surface area (Å²) >= 11 is 1.37. The van der Waals surface area contributed by atoms with Crippen molar-refractivity contribution in [3.05, 3.63) is 40.9 Å². The van der Waals surface area contributed by atoms with E-state index in [0.717, 1.165) is 17.8 Å². The fourth-order valence-electron chi connectivity index (χ4n) is 2.75. The summed E-state index contributed by atoms with van der Waals surface area (Å²) in [5.41, 5.74) is -0.278. The number of hydrogen-bond donors (Lipinski definition) is 2. The maximum atomic E-state index is 12.6. The van der Waals surface area contributed by atoms with Gasteiger partial charge in [-0.1, -0.05) is 12.1 Å². The maximum Gasteiger partial charge on any atom is 0.416 e. The van der Waals surface area contributed by atoms with Gasteiger partial charge >= 0.3 is 6.18 Å². The number of hydrogen-bond acceptors (Lipinski definition) is 5. The van der Waals surface area contributed by atoms with Crippen LogP contribution in [0.15, 0.2) is 29.6 Å². The van der Waals surface area contributed by atoms with Crippen molar-refractivity contribution in [3.63, 3.8) is 0 Å². The second-order valence-corrected chi connectivity index (χ2v) is 6.92. The van der Waals surface area contributed by atoms with Gasteiger partial charge in [0, 0.05) is 30.6 Å². The van der Waals surface area contributed by atoms with Gasteiger partial charge in [-0.15, -0.1) is 11.3 Å². The van der Waals surface area contributed by atoms with Crippen molar-refractivity contribution in [2.24, 2.45) is 0 Å². The number of alkyl halides is 3. The fraction of sp³-hybridized carbons (Fsp3) is 0.438. The Kier molecular flexibility index (Phi) is 4.65. The summed E-state index contributed by atoms with van der Waals surface area (Å²) in [6.07, 6.45) is -3.83. The molecule has 0 amide bonds. The molecule has 0 saturated carbocycles. The van der Waals surface area contributed by atoms with E-state index < -0.39 is 17.3 Å². The minimum Gasteiger partial charge on any atom is -0.393 e. The van der Waals surface area contributed by atoms with Crippen molar-refractivity contribution < 1.29 is 23.4 Å².